The number of rotatable bonds is 4. The number of carbonyl (C=O) groups excluding carboxylic acids is 2. The summed E-state index contributed by atoms with van der Waals surface area (Å²) in [6, 6.07) is 10.5. The molecule has 0 unspecified atom stereocenters. The van der Waals surface area contributed by atoms with Crippen LogP contribution in [0.5, 0.6) is 0 Å². The van der Waals surface area contributed by atoms with Crippen molar-refractivity contribution in [3.8, 4) is 0 Å². The Kier molecular flexibility index (Phi) is 4.20. The van der Waals surface area contributed by atoms with Crippen LogP contribution < -0.4 is 5.32 Å². The summed E-state index contributed by atoms with van der Waals surface area (Å²) < 4.78 is 10.1. The zero-order valence-corrected chi connectivity index (χ0v) is 11.3. The Morgan fingerprint density at radius 1 is 1.20 bits per heavy atom. The lowest BCUT2D eigenvalue weighted by Crippen LogP contribution is -2.30. The summed E-state index contributed by atoms with van der Waals surface area (Å²) in [5.74, 6) is -0.497. The molecule has 1 atom stereocenters. The van der Waals surface area contributed by atoms with Crippen molar-refractivity contribution in [3.05, 3.63) is 54.0 Å². The maximum Gasteiger partial charge on any atom is 0.342 e. The Hall–Kier alpha value is -2.56. The molecular formula is C15H15NO4. The van der Waals surface area contributed by atoms with Crippen LogP contribution in [0.2, 0.25) is 0 Å². The van der Waals surface area contributed by atoms with Crippen LogP contribution in [0.15, 0.2) is 47.1 Å². The number of hydrogen-bond acceptors (Lipinski definition) is 4. The number of nitrogens with one attached hydrogen (secondary N) is 1. The number of benzene rings is 1. The molecule has 0 saturated carbocycles. The summed E-state index contributed by atoms with van der Waals surface area (Å²) in [5.41, 5.74) is 0.976. The van der Waals surface area contributed by atoms with E-state index >= 15 is 0 Å². The molecule has 0 aliphatic heterocycles. The fourth-order valence-corrected chi connectivity index (χ4v) is 1.64. The molecule has 0 radical (unpaired) electrons. The minimum atomic E-state index is -0.892. The highest BCUT2D eigenvalue weighted by atomic mass is 16.5. The van der Waals surface area contributed by atoms with E-state index in [0.29, 0.717) is 17.0 Å². The lowest BCUT2D eigenvalue weighted by molar-refractivity contribution is -0.123. The molecule has 1 heterocycles. The molecule has 5 nitrogen and oxygen atoms in total. The SMILES string of the molecule is Cc1occc1C(=O)O[C@@H](C)C(=O)Nc1ccccc1. The van der Waals surface area contributed by atoms with Crippen LogP contribution in [-0.4, -0.2) is 18.0 Å². The minimum Gasteiger partial charge on any atom is -0.469 e. The van der Waals surface area contributed by atoms with Gasteiger partial charge in [-0.05, 0) is 32.0 Å². The molecule has 0 spiro atoms. The first kappa shape index (κ1) is 13.9. The number of carbonyl (C=O) groups is 2. The van der Waals surface area contributed by atoms with Gasteiger partial charge in [0.25, 0.3) is 5.91 Å². The average molecular weight is 273 g/mol. The summed E-state index contributed by atoms with van der Waals surface area (Å²) in [5, 5.41) is 2.67. The van der Waals surface area contributed by atoms with Crippen LogP contribution in [0, 0.1) is 6.92 Å². The van der Waals surface area contributed by atoms with E-state index in [2.05, 4.69) is 5.32 Å². The average Bonchev–Trinajstić information content (AvgIpc) is 2.86. The third kappa shape index (κ3) is 3.26. The first-order valence-corrected chi connectivity index (χ1v) is 6.19. The largest absolute Gasteiger partial charge is 0.469 e. The van der Waals surface area contributed by atoms with Crippen molar-refractivity contribution >= 4 is 17.6 Å². The Bertz CT molecular complexity index is 603. The van der Waals surface area contributed by atoms with Gasteiger partial charge in [-0.15, -0.1) is 0 Å². The third-order valence-corrected chi connectivity index (χ3v) is 2.77. The van der Waals surface area contributed by atoms with E-state index in [1.165, 1.54) is 19.3 Å². The van der Waals surface area contributed by atoms with E-state index in [1.54, 1.807) is 31.2 Å². The summed E-state index contributed by atoms with van der Waals surface area (Å²) in [7, 11) is 0. The predicted molar refractivity (Wildman–Crippen MR) is 73.4 cm³/mol. The van der Waals surface area contributed by atoms with Crippen molar-refractivity contribution in [2.24, 2.45) is 0 Å². The van der Waals surface area contributed by atoms with Crippen LogP contribution in [0.25, 0.3) is 0 Å². The minimum absolute atomic E-state index is 0.323. The van der Waals surface area contributed by atoms with Crippen LogP contribution >= 0.6 is 0 Å². The van der Waals surface area contributed by atoms with Gasteiger partial charge in [-0.1, -0.05) is 18.2 Å². The van der Waals surface area contributed by atoms with Crippen LogP contribution in [0.3, 0.4) is 0 Å². The zero-order chi connectivity index (χ0) is 14.5. The second-order valence-electron chi connectivity index (χ2n) is 4.29. The highest BCUT2D eigenvalue weighted by Crippen LogP contribution is 2.12. The molecule has 20 heavy (non-hydrogen) atoms. The van der Waals surface area contributed by atoms with Gasteiger partial charge >= 0.3 is 5.97 Å². The summed E-state index contributed by atoms with van der Waals surface area (Å²) in [4.78, 5) is 23.7. The number of ether oxygens (including phenoxy) is 1. The quantitative estimate of drug-likeness (QED) is 0.870. The fraction of sp³-hybridized carbons (Fsp3) is 0.200. The standard InChI is InChI=1S/C15H15NO4/c1-10-13(8-9-19-10)15(18)20-11(2)14(17)16-12-6-4-3-5-7-12/h3-9,11H,1-2H3,(H,16,17)/t11-/m0/s1. The number of anilines is 1. The van der Waals surface area contributed by atoms with Gasteiger partial charge in [0.1, 0.15) is 11.3 Å². The molecule has 5 heteroatoms. The number of furan rings is 1. The van der Waals surface area contributed by atoms with E-state index in [1.807, 2.05) is 6.07 Å². The predicted octanol–water partition coefficient (Wildman–Crippen LogP) is 2.77. The third-order valence-electron chi connectivity index (χ3n) is 2.77. The molecular weight excluding hydrogens is 258 g/mol. The highest BCUT2D eigenvalue weighted by molar-refractivity contribution is 5.97. The molecule has 1 aromatic heterocycles. The Morgan fingerprint density at radius 2 is 1.90 bits per heavy atom. The van der Waals surface area contributed by atoms with Crippen LogP contribution in [0.4, 0.5) is 5.69 Å². The lowest BCUT2D eigenvalue weighted by Gasteiger charge is -2.13. The normalized spacial score (nSPS) is 11.7. The smallest absolute Gasteiger partial charge is 0.342 e. The highest BCUT2D eigenvalue weighted by Gasteiger charge is 2.21. The molecule has 0 fully saturated rings. The van der Waals surface area contributed by atoms with Gasteiger partial charge in [0.2, 0.25) is 0 Å². The number of para-hydroxylation sites is 1. The number of aryl methyl sites for hydroxylation is 1. The Morgan fingerprint density at radius 3 is 2.50 bits per heavy atom. The summed E-state index contributed by atoms with van der Waals surface area (Å²) >= 11 is 0. The van der Waals surface area contributed by atoms with Crippen molar-refractivity contribution in [3.63, 3.8) is 0 Å². The van der Waals surface area contributed by atoms with E-state index in [0.717, 1.165) is 0 Å². The van der Waals surface area contributed by atoms with Gasteiger partial charge in [-0.25, -0.2) is 4.79 Å². The van der Waals surface area contributed by atoms with Gasteiger partial charge in [-0.2, -0.15) is 0 Å². The van der Waals surface area contributed by atoms with Gasteiger partial charge in [-0.3, -0.25) is 4.79 Å². The van der Waals surface area contributed by atoms with Gasteiger partial charge in [0.05, 0.1) is 6.26 Å². The number of hydrogen-bond donors (Lipinski definition) is 1. The number of amides is 1. The first-order valence-electron chi connectivity index (χ1n) is 6.19. The Balaban J connectivity index is 1.95. The van der Waals surface area contributed by atoms with Crippen molar-refractivity contribution in [1.82, 2.24) is 0 Å². The molecule has 0 aliphatic carbocycles. The molecule has 1 N–H and O–H groups in total. The second-order valence-corrected chi connectivity index (χ2v) is 4.29. The van der Waals surface area contributed by atoms with Gasteiger partial charge < -0.3 is 14.5 Å². The van der Waals surface area contributed by atoms with E-state index in [-0.39, 0.29) is 5.91 Å². The van der Waals surface area contributed by atoms with E-state index in [4.69, 9.17) is 9.15 Å². The second kappa shape index (κ2) is 6.06. The fourth-order valence-electron chi connectivity index (χ4n) is 1.64. The van der Waals surface area contributed by atoms with Gasteiger partial charge in [0, 0.05) is 5.69 Å². The summed E-state index contributed by atoms with van der Waals surface area (Å²) in [6.07, 6.45) is 0.512. The molecule has 0 saturated heterocycles. The van der Waals surface area contributed by atoms with Crippen LogP contribution in [0.1, 0.15) is 23.0 Å². The zero-order valence-electron chi connectivity index (χ0n) is 11.3. The summed E-state index contributed by atoms with van der Waals surface area (Å²) in [6.45, 7) is 3.18. The number of esters is 1. The van der Waals surface area contributed by atoms with Crippen molar-refractivity contribution in [2.45, 2.75) is 20.0 Å². The molecule has 2 aromatic rings. The van der Waals surface area contributed by atoms with E-state index < -0.39 is 12.1 Å². The maximum absolute atomic E-state index is 11.9. The molecule has 1 aromatic carbocycles. The lowest BCUT2D eigenvalue weighted by atomic mass is 10.2. The van der Waals surface area contributed by atoms with Crippen molar-refractivity contribution in [1.29, 1.82) is 0 Å². The molecule has 0 bridgehead atoms. The maximum atomic E-state index is 11.9. The van der Waals surface area contributed by atoms with E-state index in [9.17, 15) is 9.59 Å². The molecule has 0 aliphatic rings. The van der Waals surface area contributed by atoms with Gasteiger partial charge in [0.15, 0.2) is 6.10 Å². The van der Waals surface area contributed by atoms with Crippen molar-refractivity contribution in [2.75, 3.05) is 5.32 Å². The topological polar surface area (TPSA) is 68.5 Å². The molecule has 2 rings (SSSR count). The molecule has 1 amide bonds. The van der Waals surface area contributed by atoms with Crippen molar-refractivity contribution < 1.29 is 18.7 Å². The van der Waals surface area contributed by atoms with Crippen LogP contribution in [-0.2, 0) is 9.53 Å². The first-order chi connectivity index (χ1) is 9.58. The Labute approximate surface area is 116 Å². The monoisotopic (exact) mass is 273 g/mol. The molecule has 104 valence electrons.